The topological polar surface area (TPSA) is 101 Å². The predicted molar refractivity (Wildman–Crippen MR) is 70.1 cm³/mol. The van der Waals surface area contributed by atoms with Crippen molar-refractivity contribution in [2.24, 2.45) is 5.14 Å². The van der Waals surface area contributed by atoms with Crippen LogP contribution in [-0.4, -0.2) is 42.7 Å². The van der Waals surface area contributed by atoms with Gasteiger partial charge in [-0.1, -0.05) is 0 Å². The minimum Gasteiger partial charge on any atom is -0.507 e. The Kier molecular flexibility index (Phi) is 3.96. The molecule has 1 atom stereocenters. The molecule has 1 saturated heterocycles. The molecule has 110 valence electrons. The van der Waals surface area contributed by atoms with Gasteiger partial charge in [-0.05, 0) is 31.0 Å². The van der Waals surface area contributed by atoms with Gasteiger partial charge >= 0.3 is 0 Å². The number of nitrogens with zero attached hydrogens (tertiary/aromatic N) is 1. The van der Waals surface area contributed by atoms with Gasteiger partial charge in [0.1, 0.15) is 11.6 Å². The normalized spacial score (nSPS) is 19.9. The fourth-order valence-corrected chi connectivity index (χ4v) is 3.12. The van der Waals surface area contributed by atoms with Crippen LogP contribution >= 0.6 is 0 Å². The Morgan fingerprint density at radius 1 is 1.45 bits per heavy atom. The molecule has 2 rings (SSSR count). The monoisotopic (exact) mass is 302 g/mol. The number of aromatic hydroxyl groups is 1. The molecule has 0 bridgehead atoms. The highest BCUT2D eigenvalue weighted by Gasteiger charge is 2.31. The van der Waals surface area contributed by atoms with E-state index in [1.165, 1.54) is 4.90 Å². The second-order valence-corrected chi connectivity index (χ2v) is 6.61. The van der Waals surface area contributed by atoms with Gasteiger partial charge in [0.05, 0.1) is 10.8 Å². The number of rotatable bonds is 2. The zero-order valence-electron chi connectivity index (χ0n) is 10.6. The molecule has 8 heteroatoms. The Bertz CT molecular complexity index is 632. The van der Waals surface area contributed by atoms with Gasteiger partial charge in [0.25, 0.3) is 5.91 Å². The number of primary sulfonamides is 1. The van der Waals surface area contributed by atoms with Crippen LogP contribution in [0.5, 0.6) is 5.75 Å². The van der Waals surface area contributed by atoms with E-state index in [1.807, 2.05) is 0 Å². The molecule has 1 aromatic rings. The second-order valence-electron chi connectivity index (χ2n) is 4.77. The number of phenolic OH excluding ortho intramolecular Hbond substituents is 1. The van der Waals surface area contributed by atoms with Gasteiger partial charge in [-0.15, -0.1) is 0 Å². The van der Waals surface area contributed by atoms with Crippen LogP contribution in [0.2, 0.25) is 0 Å². The van der Waals surface area contributed by atoms with E-state index in [-0.39, 0.29) is 17.9 Å². The number of sulfonamides is 1. The van der Waals surface area contributed by atoms with Crippen LogP contribution in [0.15, 0.2) is 18.2 Å². The van der Waals surface area contributed by atoms with Gasteiger partial charge in [-0.2, -0.15) is 0 Å². The molecule has 1 amide bonds. The highest BCUT2D eigenvalue weighted by Crippen LogP contribution is 2.23. The van der Waals surface area contributed by atoms with Crippen LogP contribution in [0.1, 0.15) is 23.2 Å². The van der Waals surface area contributed by atoms with Crippen LogP contribution in [0.25, 0.3) is 0 Å². The number of piperidine rings is 1. The van der Waals surface area contributed by atoms with Crippen molar-refractivity contribution in [3.63, 3.8) is 0 Å². The van der Waals surface area contributed by atoms with Crippen molar-refractivity contribution in [1.82, 2.24) is 4.90 Å². The lowest BCUT2D eigenvalue weighted by molar-refractivity contribution is 0.0723. The van der Waals surface area contributed by atoms with Crippen LogP contribution in [0.3, 0.4) is 0 Å². The fraction of sp³-hybridized carbons (Fsp3) is 0.417. The van der Waals surface area contributed by atoms with Crippen LogP contribution in [0.4, 0.5) is 4.39 Å². The molecule has 1 aromatic carbocycles. The summed E-state index contributed by atoms with van der Waals surface area (Å²) in [5.41, 5.74) is -0.180. The Morgan fingerprint density at radius 2 is 2.15 bits per heavy atom. The van der Waals surface area contributed by atoms with Crippen molar-refractivity contribution in [3.05, 3.63) is 29.6 Å². The summed E-state index contributed by atoms with van der Waals surface area (Å²) in [5.74, 6) is -1.59. The number of likely N-dealkylation sites (tertiary alicyclic amines) is 1. The molecule has 3 N–H and O–H groups in total. The van der Waals surface area contributed by atoms with Crippen molar-refractivity contribution < 1.29 is 22.7 Å². The summed E-state index contributed by atoms with van der Waals surface area (Å²) in [4.78, 5) is 13.5. The molecular weight excluding hydrogens is 287 g/mol. The number of hydrogen-bond acceptors (Lipinski definition) is 4. The number of nitrogens with two attached hydrogens (primary N) is 1. The minimum atomic E-state index is -3.72. The number of phenols is 1. The third kappa shape index (κ3) is 3.07. The summed E-state index contributed by atoms with van der Waals surface area (Å²) < 4.78 is 35.8. The van der Waals surface area contributed by atoms with E-state index < -0.39 is 27.0 Å². The first-order valence-electron chi connectivity index (χ1n) is 6.08. The molecule has 1 unspecified atom stereocenters. The van der Waals surface area contributed by atoms with Gasteiger partial charge in [0, 0.05) is 13.1 Å². The van der Waals surface area contributed by atoms with Crippen molar-refractivity contribution in [2.75, 3.05) is 13.1 Å². The van der Waals surface area contributed by atoms with Crippen molar-refractivity contribution in [1.29, 1.82) is 0 Å². The van der Waals surface area contributed by atoms with Crippen LogP contribution < -0.4 is 5.14 Å². The molecule has 6 nitrogen and oxygen atoms in total. The van der Waals surface area contributed by atoms with Crippen molar-refractivity contribution in [2.45, 2.75) is 18.1 Å². The van der Waals surface area contributed by atoms with Crippen LogP contribution in [-0.2, 0) is 10.0 Å². The second kappa shape index (κ2) is 5.37. The van der Waals surface area contributed by atoms with E-state index in [1.54, 1.807) is 0 Å². The standard InChI is InChI=1S/C12H15FN2O4S/c13-8-3-4-11(16)10(6-8)12(17)15-5-1-2-9(7-15)20(14,18)19/h3-4,6,9,16H,1-2,5,7H2,(H2,14,18,19). The summed E-state index contributed by atoms with van der Waals surface area (Å²) >= 11 is 0. The molecule has 0 aromatic heterocycles. The number of amides is 1. The number of halogens is 1. The molecule has 1 aliphatic rings. The average Bonchev–Trinajstić information content (AvgIpc) is 2.40. The smallest absolute Gasteiger partial charge is 0.257 e. The Labute approximate surface area is 116 Å². The third-order valence-electron chi connectivity index (χ3n) is 3.32. The maximum Gasteiger partial charge on any atom is 0.257 e. The number of hydrogen-bond donors (Lipinski definition) is 2. The lowest BCUT2D eigenvalue weighted by Gasteiger charge is -2.31. The molecular formula is C12H15FN2O4S. The summed E-state index contributed by atoms with van der Waals surface area (Å²) in [6.07, 6.45) is 0.876. The molecule has 1 heterocycles. The number of benzene rings is 1. The molecule has 1 fully saturated rings. The quantitative estimate of drug-likeness (QED) is 0.827. The summed E-state index contributed by atoms with van der Waals surface area (Å²) in [7, 11) is -3.72. The van der Waals surface area contributed by atoms with Gasteiger partial charge in [-0.3, -0.25) is 4.79 Å². The molecule has 0 aliphatic carbocycles. The lowest BCUT2D eigenvalue weighted by atomic mass is 10.1. The van der Waals surface area contributed by atoms with Gasteiger partial charge < -0.3 is 10.0 Å². The van der Waals surface area contributed by atoms with Crippen molar-refractivity contribution in [3.8, 4) is 5.75 Å². The van der Waals surface area contributed by atoms with Crippen molar-refractivity contribution >= 4 is 15.9 Å². The lowest BCUT2D eigenvalue weighted by Crippen LogP contribution is -2.47. The first-order valence-corrected chi connectivity index (χ1v) is 7.69. The summed E-state index contributed by atoms with van der Waals surface area (Å²) in [6.45, 7) is 0.300. The maximum absolute atomic E-state index is 13.1. The molecule has 1 aliphatic heterocycles. The summed E-state index contributed by atoms with van der Waals surface area (Å²) in [5, 5.41) is 13.9. The first-order chi connectivity index (χ1) is 9.29. The van der Waals surface area contributed by atoms with Gasteiger partial charge in [-0.25, -0.2) is 17.9 Å². The number of carbonyl (C=O) groups excluding carboxylic acids is 1. The van der Waals surface area contributed by atoms with Gasteiger partial charge in [0.2, 0.25) is 10.0 Å². The summed E-state index contributed by atoms with van der Waals surface area (Å²) in [6, 6.07) is 3.05. The molecule has 0 saturated carbocycles. The van der Waals surface area contributed by atoms with E-state index in [9.17, 15) is 22.7 Å². The largest absolute Gasteiger partial charge is 0.507 e. The SMILES string of the molecule is NS(=O)(=O)C1CCCN(C(=O)c2cc(F)ccc2O)C1. The predicted octanol–water partition coefficient (Wildman–Crippen LogP) is 0.424. The van der Waals surface area contributed by atoms with E-state index in [0.29, 0.717) is 19.4 Å². The first kappa shape index (κ1) is 14.7. The van der Waals surface area contributed by atoms with Crippen LogP contribution in [0, 0.1) is 5.82 Å². The Balaban J connectivity index is 2.23. The molecule has 20 heavy (non-hydrogen) atoms. The highest BCUT2D eigenvalue weighted by atomic mass is 32.2. The van der Waals surface area contributed by atoms with E-state index in [0.717, 1.165) is 18.2 Å². The van der Waals surface area contributed by atoms with E-state index >= 15 is 0 Å². The highest BCUT2D eigenvalue weighted by molar-refractivity contribution is 7.89. The average molecular weight is 302 g/mol. The Morgan fingerprint density at radius 3 is 2.80 bits per heavy atom. The minimum absolute atomic E-state index is 0.0480. The van der Waals surface area contributed by atoms with E-state index in [2.05, 4.69) is 0 Å². The number of carbonyl (C=O) groups is 1. The van der Waals surface area contributed by atoms with E-state index in [4.69, 9.17) is 5.14 Å². The molecule has 0 radical (unpaired) electrons. The zero-order chi connectivity index (χ0) is 14.9. The fourth-order valence-electron chi connectivity index (χ4n) is 2.24. The maximum atomic E-state index is 13.1. The molecule has 0 spiro atoms. The third-order valence-corrected chi connectivity index (χ3v) is 4.63. The zero-order valence-corrected chi connectivity index (χ0v) is 11.4. The Hall–Kier alpha value is -1.67. The van der Waals surface area contributed by atoms with Gasteiger partial charge in [0.15, 0.2) is 0 Å².